The number of rotatable bonds is 6. The molecule has 2 amide bonds. The molecule has 2 atom stereocenters. The molecule has 0 unspecified atom stereocenters. The number of amides is 2. The molecule has 3 rings (SSSR count). The largest absolute Gasteiger partial charge is 0.371 e. The molecule has 0 saturated carbocycles. The minimum atomic E-state index is -0.208. The van der Waals surface area contributed by atoms with E-state index in [4.69, 9.17) is 9.26 Å². The van der Waals surface area contributed by atoms with E-state index in [1.807, 2.05) is 44.2 Å². The highest BCUT2D eigenvalue weighted by atomic mass is 16.5. The molecule has 7 heteroatoms. The lowest BCUT2D eigenvalue weighted by Crippen LogP contribution is -2.43. The first-order chi connectivity index (χ1) is 12.1. The molecule has 1 aromatic heterocycles. The van der Waals surface area contributed by atoms with E-state index in [1.165, 1.54) is 0 Å². The minimum Gasteiger partial charge on any atom is -0.371 e. The molecular formula is C18H24N4O3. The lowest BCUT2D eigenvalue weighted by atomic mass is 10.0. The predicted octanol–water partition coefficient (Wildman–Crippen LogP) is 2.56. The van der Waals surface area contributed by atoms with E-state index in [0.29, 0.717) is 31.3 Å². The molecule has 2 heterocycles. The topological polar surface area (TPSA) is 89.3 Å². The molecule has 0 bridgehead atoms. The van der Waals surface area contributed by atoms with Gasteiger partial charge in [-0.1, -0.05) is 49.3 Å². The smallest absolute Gasteiger partial charge is 0.315 e. The summed E-state index contributed by atoms with van der Waals surface area (Å²) in [5.74, 6) is 1.45. The second-order valence-corrected chi connectivity index (χ2v) is 6.45. The summed E-state index contributed by atoms with van der Waals surface area (Å²) in [6, 6.07) is 9.72. The highest BCUT2D eigenvalue weighted by molar-refractivity contribution is 5.74. The van der Waals surface area contributed by atoms with Crippen molar-refractivity contribution in [2.24, 2.45) is 0 Å². The maximum Gasteiger partial charge on any atom is 0.315 e. The molecule has 7 nitrogen and oxygen atoms in total. The van der Waals surface area contributed by atoms with Crippen LogP contribution in [0, 0.1) is 0 Å². The van der Waals surface area contributed by atoms with Crippen molar-refractivity contribution in [1.82, 2.24) is 20.8 Å². The molecule has 134 valence electrons. The highest BCUT2D eigenvalue weighted by Crippen LogP contribution is 2.28. The van der Waals surface area contributed by atoms with Gasteiger partial charge in [-0.3, -0.25) is 0 Å². The first-order valence-electron chi connectivity index (χ1n) is 8.67. The van der Waals surface area contributed by atoms with Gasteiger partial charge in [0, 0.05) is 25.5 Å². The van der Waals surface area contributed by atoms with Crippen LogP contribution in [0.4, 0.5) is 4.79 Å². The van der Waals surface area contributed by atoms with E-state index in [2.05, 4.69) is 20.8 Å². The fourth-order valence-corrected chi connectivity index (χ4v) is 2.82. The SMILES string of the molecule is CC(C)c1noc(CCNC(=O)N[C@@H]2CCO[C@H]2c2ccccc2)n1. The Morgan fingerprint density at radius 1 is 1.32 bits per heavy atom. The molecule has 1 fully saturated rings. The summed E-state index contributed by atoms with van der Waals surface area (Å²) in [4.78, 5) is 16.4. The molecule has 2 aromatic rings. The van der Waals surface area contributed by atoms with Crippen LogP contribution in [0.3, 0.4) is 0 Å². The van der Waals surface area contributed by atoms with Gasteiger partial charge in [0.15, 0.2) is 5.82 Å². The second kappa shape index (κ2) is 8.11. The number of carbonyl (C=O) groups is 1. The summed E-state index contributed by atoms with van der Waals surface area (Å²) in [7, 11) is 0. The molecule has 2 N–H and O–H groups in total. The van der Waals surface area contributed by atoms with Crippen LogP contribution in [0.1, 0.15) is 49.6 Å². The van der Waals surface area contributed by atoms with Crippen LogP contribution in [0.5, 0.6) is 0 Å². The van der Waals surface area contributed by atoms with Crippen LogP contribution >= 0.6 is 0 Å². The van der Waals surface area contributed by atoms with E-state index >= 15 is 0 Å². The van der Waals surface area contributed by atoms with Crippen molar-refractivity contribution < 1.29 is 14.1 Å². The molecule has 1 aliphatic rings. The van der Waals surface area contributed by atoms with Crippen molar-refractivity contribution in [2.75, 3.05) is 13.2 Å². The van der Waals surface area contributed by atoms with Crippen LogP contribution < -0.4 is 10.6 Å². The van der Waals surface area contributed by atoms with Crippen LogP contribution in [0.2, 0.25) is 0 Å². The third-order valence-electron chi connectivity index (χ3n) is 4.16. The number of hydrogen-bond acceptors (Lipinski definition) is 5. The number of aromatic nitrogens is 2. The van der Waals surface area contributed by atoms with Crippen molar-refractivity contribution >= 4 is 6.03 Å². The summed E-state index contributed by atoms with van der Waals surface area (Å²) in [6.07, 6.45) is 1.21. The molecule has 0 radical (unpaired) electrons. The summed E-state index contributed by atoms with van der Waals surface area (Å²) in [5.41, 5.74) is 1.08. The summed E-state index contributed by atoms with van der Waals surface area (Å²) in [6.45, 7) is 5.10. The van der Waals surface area contributed by atoms with E-state index in [-0.39, 0.29) is 24.1 Å². The zero-order valence-electron chi connectivity index (χ0n) is 14.6. The van der Waals surface area contributed by atoms with Crippen molar-refractivity contribution in [2.45, 2.75) is 44.8 Å². The maximum atomic E-state index is 12.1. The average molecular weight is 344 g/mol. The second-order valence-electron chi connectivity index (χ2n) is 6.45. The van der Waals surface area contributed by atoms with E-state index in [0.717, 1.165) is 12.0 Å². The normalized spacial score (nSPS) is 20.0. The quantitative estimate of drug-likeness (QED) is 0.841. The first kappa shape index (κ1) is 17.4. The number of urea groups is 1. The lowest BCUT2D eigenvalue weighted by Gasteiger charge is -2.20. The van der Waals surface area contributed by atoms with Crippen molar-refractivity contribution in [3.63, 3.8) is 0 Å². The fraction of sp³-hybridized carbons (Fsp3) is 0.500. The first-order valence-corrected chi connectivity index (χ1v) is 8.67. The Morgan fingerprint density at radius 2 is 2.12 bits per heavy atom. The van der Waals surface area contributed by atoms with Gasteiger partial charge in [-0.15, -0.1) is 0 Å². The Morgan fingerprint density at radius 3 is 2.84 bits per heavy atom. The van der Waals surface area contributed by atoms with Crippen molar-refractivity contribution in [1.29, 1.82) is 0 Å². The van der Waals surface area contributed by atoms with Gasteiger partial charge < -0.3 is 19.9 Å². The maximum absolute atomic E-state index is 12.1. The Balaban J connectivity index is 1.45. The minimum absolute atomic E-state index is 0.0293. The van der Waals surface area contributed by atoms with Gasteiger partial charge in [-0.25, -0.2) is 4.79 Å². The molecular weight excluding hydrogens is 320 g/mol. The molecule has 0 spiro atoms. The van der Waals surface area contributed by atoms with Crippen molar-refractivity contribution in [3.05, 3.63) is 47.6 Å². The summed E-state index contributed by atoms with van der Waals surface area (Å²) in [5, 5.41) is 9.74. The third kappa shape index (κ3) is 4.57. The van der Waals surface area contributed by atoms with Crippen molar-refractivity contribution in [3.8, 4) is 0 Å². The van der Waals surface area contributed by atoms with Gasteiger partial charge in [0.2, 0.25) is 5.89 Å². The number of ether oxygens (including phenoxy) is 1. The van der Waals surface area contributed by atoms with Gasteiger partial charge in [-0.05, 0) is 12.0 Å². The zero-order valence-corrected chi connectivity index (χ0v) is 14.6. The highest BCUT2D eigenvalue weighted by Gasteiger charge is 2.30. The molecule has 1 aromatic carbocycles. The lowest BCUT2D eigenvalue weighted by molar-refractivity contribution is 0.0999. The number of hydrogen-bond donors (Lipinski definition) is 2. The summed E-state index contributed by atoms with van der Waals surface area (Å²) >= 11 is 0. The predicted molar refractivity (Wildman–Crippen MR) is 92.2 cm³/mol. The van der Waals surface area contributed by atoms with E-state index in [1.54, 1.807) is 0 Å². The zero-order chi connectivity index (χ0) is 17.6. The Kier molecular flexibility index (Phi) is 5.65. The average Bonchev–Trinajstić information content (AvgIpc) is 3.25. The number of nitrogens with one attached hydrogen (secondary N) is 2. The van der Waals surface area contributed by atoms with Gasteiger partial charge in [-0.2, -0.15) is 4.98 Å². The Bertz CT molecular complexity index is 687. The summed E-state index contributed by atoms with van der Waals surface area (Å²) < 4.78 is 10.9. The van der Waals surface area contributed by atoms with Gasteiger partial charge in [0.25, 0.3) is 0 Å². The van der Waals surface area contributed by atoms with Gasteiger partial charge in [0.05, 0.1) is 6.04 Å². The van der Waals surface area contributed by atoms with Crippen LogP contribution in [-0.4, -0.2) is 35.4 Å². The number of nitrogens with zero attached hydrogens (tertiary/aromatic N) is 2. The van der Waals surface area contributed by atoms with Crippen LogP contribution in [0.15, 0.2) is 34.9 Å². The molecule has 0 aliphatic carbocycles. The monoisotopic (exact) mass is 344 g/mol. The Hall–Kier alpha value is -2.41. The fourth-order valence-electron chi connectivity index (χ4n) is 2.82. The Labute approximate surface area is 147 Å². The standard InChI is InChI=1S/C18H24N4O3/c1-12(2)17-21-15(25-22-17)8-10-19-18(23)20-14-9-11-24-16(14)13-6-4-3-5-7-13/h3-7,12,14,16H,8-11H2,1-2H3,(H2,19,20,23)/t14-,16+/m1/s1. The van der Waals surface area contributed by atoms with E-state index in [9.17, 15) is 4.79 Å². The number of benzene rings is 1. The molecule has 1 aliphatic heterocycles. The van der Waals surface area contributed by atoms with Crippen LogP contribution in [0.25, 0.3) is 0 Å². The van der Waals surface area contributed by atoms with E-state index < -0.39 is 0 Å². The van der Waals surface area contributed by atoms with Gasteiger partial charge >= 0.3 is 6.03 Å². The number of carbonyl (C=O) groups excluding carboxylic acids is 1. The van der Waals surface area contributed by atoms with Crippen LogP contribution in [-0.2, 0) is 11.2 Å². The molecule has 1 saturated heterocycles. The third-order valence-corrected chi connectivity index (χ3v) is 4.16. The van der Waals surface area contributed by atoms with Gasteiger partial charge in [0.1, 0.15) is 6.10 Å². The molecule has 25 heavy (non-hydrogen) atoms.